The van der Waals surface area contributed by atoms with E-state index in [1.807, 2.05) is 0 Å². The van der Waals surface area contributed by atoms with E-state index in [1.165, 1.54) is 0 Å². The molecule has 1 saturated carbocycles. The minimum Gasteiger partial charge on any atom is -0.726 e. The van der Waals surface area contributed by atoms with Crippen LogP contribution in [0.2, 0.25) is 0 Å². The fourth-order valence-electron chi connectivity index (χ4n) is 4.32. The topological polar surface area (TPSA) is 391 Å². The van der Waals surface area contributed by atoms with Crippen molar-refractivity contribution >= 4 is 63.8 Å². The van der Waals surface area contributed by atoms with Gasteiger partial charge in [-0.15, -0.1) is 0 Å². The Morgan fingerprint density at radius 3 is 1.49 bits per heavy atom. The summed E-state index contributed by atoms with van der Waals surface area (Å²) in [6, 6.07) is -0.434. The van der Waals surface area contributed by atoms with E-state index in [0.717, 1.165) is 6.42 Å². The molecule has 35 heteroatoms. The monoisotopic (exact) mass is 886 g/mol. The van der Waals surface area contributed by atoms with E-state index in [2.05, 4.69) is 26.2 Å². The van der Waals surface area contributed by atoms with Crippen LogP contribution in [0.15, 0.2) is 0 Å². The van der Waals surface area contributed by atoms with Gasteiger partial charge in [-0.1, -0.05) is 19.3 Å². The summed E-state index contributed by atoms with van der Waals surface area (Å²) in [5, 5.41) is 2.49. The summed E-state index contributed by atoms with van der Waals surface area (Å²) in [6.07, 6.45) is -13.0. The second-order valence-electron chi connectivity index (χ2n) is 9.23. The number of rotatable bonds is 16. The molecule has 5 unspecified atom stereocenters. The second-order valence-corrected chi connectivity index (χ2v) is 14.3. The SMILES string of the molecule is O=C(CN(CCOS(=O)(=O)[O-])C(=O)C1OC(OS(=O)(=O)[O-])C(OS(=O)(=O)[O-])C(OS(=O)(=O)[O-])C1OS(=O)(=O)[O-])NC1CCCCC1.[Na+].[Na+].[Na+].[Na+].[Na+]. The Balaban J connectivity index is -0.00000221. The molecule has 0 bridgehead atoms. The van der Waals surface area contributed by atoms with Gasteiger partial charge >= 0.3 is 148 Å². The zero-order chi connectivity index (χ0) is 35.3. The maximum absolute atomic E-state index is 13.6. The molecule has 0 aromatic heterocycles. The van der Waals surface area contributed by atoms with Crippen molar-refractivity contribution in [2.45, 2.75) is 68.9 Å². The van der Waals surface area contributed by atoms with Crippen molar-refractivity contribution in [1.29, 1.82) is 0 Å². The van der Waals surface area contributed by atoms with Crippen molar-refractivity contribution in [3.63, 3.8) is 0 Å². The summed E-state index contributed by atoms with van der Waals surface area (Å²) in [5.74, 6) is -2.92. The second kappa shape index (κ2) is 25.7. The van der Waals surface area contributed by atoms with Crippen LogP contribution < -0.4 is 153 Å². The number of amides is 2. The van der Waals surface area contributed by atoms with Crippen molar-refractivity contribution in [1.82, 2.24) is 10.2 Å². The molecule has 0 radical (unpaired) electrons. The van der Waals surface area contributed by atoms with Crippen LogP contribution in [0.25, 0.3) is 0 Å². The minimum atomic E-state index is -6.26. The maximum atomic E-state index is 13.6. The molecule has 1 N–H and O–H groups in total. The molecule has 0 aromatic carbocycles. The Bertz CT molecular complexity index is 1660. The van der Waals surface area contributed by atoms with Crippen LogP contribution in [0, 0.1) is 0 Å². The molecule has 1 aliphatic heterocycles. The number of carbonyl (C=O) groups excluding carboxylic acids is 2. The van der Waals surface area contributed by atoms with Crippen molar-refractivity contribution < 1.29 is 248 Å². The van der Waals surface area contributed by atoms with E-state index < -0.39 is 120 Å². The third-order valence-corrected chi connectivity index (χ3v) is 8.10. The van der Waals surface area contributed by atoms with Gasteiger partial charge in [0.15, 0.2) is 12.2 Å². The van der Waals surface area contributed by atoms with E-state index in [-0.39, 0.29) is 153 Å². The van der Waals surface area contributed by atoms with Crippen molar-refractivity contribution in [2.24, 2.45) is 0 Å². The standard InChI is InChI=1S/C16H28N2O23S5.5Na/c19-10(17-9-4-2-1-3-5-9)8-18(6-7-36-42(21,22)23)15(20)13-11(38-43(24,25)26)12(39-44(27,28)29)14(40-45(30,31)32)16(37-13)41-46(33,34)35;;;;;/h9,11-14,16H,1-8H2,(H,17,19)(H,21,22,23)(H,24,25,26)(H,27,28,29)(H,30,31,32)(H,33,34,35);;;;;/q;5*+1/p-5. The van der Waals surface area contributed by atoms with Gasteiger partial charge in [0.05, 0.1) is 13.2 Å². The van der Waals surface area contributed by atoms with E-state index in [9.17, 15) is 74.4 Å². The average molecular weight is 887 g/mol. The summed E-state index contributed by atoms with van der Waals surface area (Å²) in [7, 11) is -30.2. The summed E-state index contributed by atoms with van der Waals surface area (Å²) in [5.41, 5.74) is 0. The van der Waals surface area contributed by atoms with Gasteiger partial charge in [-0.3, -0.25) is 26.3 Å². The van der Waals surface area contributed by atoms with E-state index in [0.29, 0.717) is 25.7 Å². The van der Waals surface area contributed by atoms with Crippen LogP contribution in [-0.2, 0) is 87.2 Å². The number of hydrogen-bond acceptors (Lipinski definition) is 23. The van der Waals surface area contributed by atoms with Gasteiger partial charge in [-0.05, 0) is 12.8 Å². The molecule has 51 heavy (non-hydrogen) atoms. The van der Waals surface area contributed by atoms with Gasteiger partial charge in [-0.25, -0.2) is 46.3 Å². The van der Waals surface area contributed by atoms with E-state index >= 15 is 0 Å². The Morgan fingerprint density at radius 2 is 1.06 bits per heavy atom. The average Bonchev–Trinajstić information content (AvgIpc) is 2.83. The molecular weight excluding hydrogens is 863 g/mol. The smallest absolute Gasteiger partial charge is 0.726 e. The zero-order valence-corrected chi connectivity index (χ0v) is 41.6. The molecule has 2 amide bonds. The van der Waals surface area contributed by atoms with E-state index in [4.69, 9.17) is 4.74 Å². The van der Waals surface area contributed by atoms with Gasteiger partial charge < -0.3 is 37.7 Å². The van der Waals surface area contributed by atoms with Gasteiger partial charge in [-0.2, -0.15) is 0 Å². The van der Waals surface area contributed by atoms with Crippen LogP contribution in [0.3, 0.4) is 0 Å². The minimum absolute atomic E-state index is 0. The van der Waals surface area contributed by atoms with Crippen molar-refractivity contribution in [3.8, 4) is 0 Å². The third-order valence-electron chi connectivity index (χ3n) is 5.84. The Labute approximate surface area is 404 Å². The third kappa shape index (κ3) is 25.4. The number of hydrogen-bond donors (Lipinski definition) is 1. The predicted octanol–water partition coefficient (Wildman–Crippen LogP) is -20.5. The van der Waals surface area contributed by atoms with Gasteiger partial charge in [0.25, 0.3) is 5.91 Å². The summed E-state index contributed by atoms with van der Waals surface area (Å²) >= 11 is 0. The normalized spacial score (nSPS) is 23.0. The molecule has 0 aromatic rings. The molecule has 2 rings (SSSR count). The quantitative estimate of drug-likeness (QED) is 0.0854. The van der Waals surface area contributed by atoms with Crippen LogP contribution in [0.4, 0.5) is 0 Å². The summed E-state index contributed by atoms with van der Waals surface area (Å²) in [6.45, 7) is -3.50. The molecule has 1 saturated heterocycles. The molecule has 2 fully saturated rings. The molecule has 270 valence electrons. The first kappa shape index (κ1) is 60.9. The molecule has 0 spiro atoms. The maximum Gasteiger partial charge on any atom is 1.00 e. The Kier molecular flexibility index (Phi) is 30.7. The van der Waals surface area contributed by atoms with Crippen LogP contribution >= 0.6 is 0 Å². The van der Waals surface area contributed by atoms with E-state index in [1.54, 1.807) is 0 Å². The molecule has 5 atom stereocenters. The zero-order valence-electron chi connectivity index (χ0n) is 27.5. The first-order valence-corrected chi connectivity index (χ1v) is 18.8. The number of nitrogens with zero attached hydrogens (tertiary/aromatic N) is 1. The number of carbonyl (C=O) groups is 2. The number of nitrogens with one attached hydrogen (secondary N) is 1. The Hall–Kier alpha value is 3.25. The van der Waals surface area contributed by atoms with Gasteiger partial charge in [0.2, 0.25) is 64.2 Å². The first-order chi connectivity index (χ1) is 20.7. The number of ether oxygens (including phenoxy) is 1. The fourth-order valence-corrected chi connectivity index (χ4v) is 6.43. The molecule has 25 nitrogen and oxygen atoms in total. The van der Waals surface area contributed by atoms with Crippen LogP contribution in [-0.4, -0.2) is 138 Å². The van der Waals surface area contributed by atoms with Gasteiger partial charge in [0.1, 0.15) is 12.2 Å². The first-order valence-electron chi connectivity index (χ1n) is 12.1. The molecule has 2 aliphatic rings. The summed E-state index contributed by atoms with van der Waals surface area (Å²) in [4.78, 5) is 26.5. The predicted molar refractivity (Wildman–Crippen MR) is 130 cm³/mol. The molecular formula is C16H23N2Na5O23S5. The van der Waals surface area contributed by atoms with Crippen molar-refractivity contribution in [3.05, 3.63) is 0 Å². The van der Waals surface area contributed by atoms with Crippen LogP contribution in [0.1, 0.15) is 32.1 Å². The summed E-state index contributed by atoms with van der Waals surface area (Å²) < 4.78 is 194. The molecule has 1 heterocycles. The van der Waals surface area contributed by atoms with Crippen LogP contribution in [0.5, 0.6) is 0 Å². The fraction of sp³-hybridized carbons (Fsp3) is 0.875. The molecule has 1 aliphatic carbocycles. The van der Waals surface area contributed by atoms with Gasteiger partial charge in [0, 0.05) is 12.6 Å². The Morgan fingerprint density at radius 1 is 0.627 bits per heavy atom. The largest absolute Gasteiger partial charge is 1.00 e. The van der Waals surface area contributed by atoms with Crippen molar-refractivity contribution in [2.75, 3.05) is 19.7 Å².